The van der Waals surface area contributed by atoms with Gasteiger partial charge in [0.15, 0.2) is 0 Å². The highest BCUT2D eigenvalue weighted by molar-refractivity contribution is 5.89. The number of anilines is 1. The van der Waals surface area contributed by atoms with Crippen LogP contribution in [0.4, 0.5) is 14.9 Å². The number of rotatable bonds is 6. The van der Waals surface area contributed by atoms with Crippen LogP contribution in [0.25, 0.3) is 22.3 Å². The predicted molar refractivity (Wildman–Crippen MR) is 126 cm³/mol. The van der Waals surface area contributed by atoms with E-state index in [1.54, 1.807) is 10.7 Å². The normalized spacial score (nSPS) is 13.0. The molecule has 0 saturated carbocycles. The van der Waals surface area contributed by atoms with Gasteiger partial charge < -0.3 is 14.0 Å². The highest BCUT2D eigenvalue weighted by Gasteiger charge is 2.17. The van der Waals surface area contributed by atoms with E-state index in [-0.39, 0.29) is 12.4 Å². The zero-order chi connectivity index (χ0) is 23.7. The summed E-state index contributed by atoms with van der Waals surface area (Å²) in [6.07, 6.45) is 2.74. The Morgan fingerprint density at radius 3 is 2.88 bits per heavy atom. The van der Waals surface area contributed by atoms with E-state index in [9.17, 15) is 9.18 Å². The van der Waals surface area contributed by atoms with Crippen LogP contribution in [0, 0.1) is 5.82 Å². The molecule has 3 heterocycles. The van der Waals surface area contributed by atoms with Gasteiger partial charge in [-0.25, -0.2) is 14.2 Å². The molecular weight excluding hydrogens is 437 g/mol. The molecule has 0 bridgehead atoms. The molecule has 9 heteroatoms. The minimum absolute atomic E-state index is 0.0389. The number of nitrogens with zero attached hydrogens (tertiary/aromatic N) is 4. The van der Waals surface area contributed by atoms with Crippen LogP contribution in [0.1, 0.15) is 31.3 Å². The monoisotopic (exact) mass is 463 g/mol. The maximum atomic E-state index is 13.6. The first-order valence-corrected chi connectivity index (χ1v) is 11.4. The summed E-state index contributed by atoms with van der Waals surface area (Å²) in [4.78, 5) is 17.2. The van der Waals surface area contributed by atoms with E-state index in [0.717, 1.165) is 48.4 Å². The smallest absolute Gasteiger partial charge is 0.412 e. The van der Waals surface area contributed by atoms with Gasteiger partial charge in [0.2, 0.25) is 0 Å². The number of hydrogen-bond acceptors (Lipinski definition) is 5. The third-order valence-electron chi connectivity index (χ3n) is 6.06. The van der Waals surface area contributed by atoms with E-state index in [1.165, 1.54) is 19.2 Å². The topological polar surface area (TPSA) is 83.2 Å². The van der Waals surface area contributed by atoms with Crippen LogP contribution < -0.4 is 10.1 Å². The lowest BCUT2D eigenvalue weighted by Crippen LogP contribution is -2.15. The fourth-order valence-corrected chi connectivity index (χ4v) is 4.40. The zero-order valence-electron chi connectivity index (χ0n) is 19.2. The zero-order valence-corrected chi connectivity index (χ0v) is 19.2. The summed E-state index contributed by atoms with van der Waals surface area (Å²) in [5.74, 6) is 1.11. The van der Waals surface area contributed by atoms with Crippen molar-refractivity contribution in [1.29, 1.82) is 0 Å². The first kappa shape index (κ1) is 21.9. The number of carbonyl (C=O) groups is 1. The van der Waals surface area contributed by atoms with E-state index in [0.29, 0.717) is 29.2 Å². The summed E-state index contributed by atoms with van der Waals surface area (Å²) in [7, 11) is 1.49. The third-order valence-corrected chi connectivity index (χ3v) is 6.06. The van der Waals surface area contributed by atoms with E-state index in [4.69, 9.17) is 14.5 Å². The number of nitrogens with one attached hydrogen (secondary N) is 1. The number of benzene rings is 2. The molecule has 2 aromatic carbocycles. The number of fused-ring (bicyclic) bond motifs is 3. The third kappa shape index (κ3) is 4.21. The SMILES string of the molecule is CCn1nc(-c2ccc(F)cc2OC)cc1COC(=O)Nc1ccc2c(c1)nc1n2CCCC1. The first-order valence-electron chi connectivity index (χ1n) is 11.4. The van der Waals surface area contributed by atoms with E-state index in [2.05, 4.69) is 15.0 Å². The fraction of sp³-hybridized carbons (Fsp3) is 0.320. The van der Waals surface area contributed by atoms with Crippen molar-refractivity contribution in [2.45, 2.75) is 45.9 Å². The molecule has 0 radical (unpaired) electrons. The molecule has 0 atom stereocenters. The molecule has 1 N–H and O–H groups in total. The van der Waals surface area contributed by atoms with Crippen molar-refractivity contribution in [2.75, 3.05) is 12.4 Å². The van der Waals surface area contributed by atoms with Crippen molar-refractivity contribution >= 4 is 22.8 Å². The molecular formula is C25H26FN5O3. The average molecular weight is 464 g/mol. The highest BCUT2D eigenvalue weighted by atomic mass is 19.1. The van der Waals surface area contributed by atoms with Crippen molar-refractivity contribution in [3.05, 3.63) is 59.8 Å². The Morgan fingerprint density at radius 1 is 1.18 bits per heavy atom. The summed E-state index contributed by atoms with van der Waals surface area (Å²) in [6.45, 7) is 3.56. The summed E-state index contributed by atoms with van der Waals surface area (Å²) < 4.78 is 28.3. The number of halogens is 1. The molecule has 176 valence electrons. The Morgan fingerprint density at radius 2 is 2.06 bits per heavy atom. The Kier molecular flexibility index (Phi) is 5.91. The van der Waals surface area contributed by atoms with Gasteiger partial charge >= 0.3 is 6.09 Å². The summed E-state index contributed by atoms with van der Waals surface area (Å²) in [6, 6.07) is 11.8. The Hall–Kier alpha value is -3.88. The standard InChI is InChI=1S/C25H26FN5O3/c1-3-31-18(14-20(29-31)19-9-7-16(26)12-23(19)33-2)15-34-25(32)27-17-8-10-22-21(13-17)28-24-6-4-5-11-30(22)24/h7-10,12-14H,3-6,11,15H2,1-2H3,(H,27,32). The quantitative estimate of drug-likeness (QED) is 0.427. The van der Waals surface area contributed by atoms with Gasteiger partial charge in [-0.2, -0.15) is 5.10 Å². The molecule has 0 spiro atoms. The molecule has 1 amide bonds. The number of aromatic nitrogens is 4. The summed E-state index contributed by atoms with van der Waals surface area (Å²) in [5, 5.41) is 7.34. The van der Waals surface area contributed by atoms with Crippen molar-refractivity contribution < 1.29 is 18.7 Å². The van der Waals surface area contributed by atoms with E-state index < -0.39 is 6.09 Å². The van der Waals surface area contributed by atoms with Crippen LogP contribution in [0.5, 0.6) is 5.75 Å². The van der Waals surface area contributed by atoms with Crippen molar-refractivity contribution in [2.24, 2.45) is 0 Å². The van der Waals surface area contributed by atoms with Crippen LogP contribution in [0.15, 0.2) is 42.5 Å². The van der Waals surface area contributed by atoms with Gasteiger partial charge in [-0.15, -0.1) is 0 Å². The van der Waals surface area contributed by atoms with E-state index in [1.807, 2.05) is 31.2 Å². The number of ether oxygens (including phenoxy) is 2. The molecule has 5 rings (SSSR count). The van der Waals surface area contributed by atoms with Crippen LogP contribution in [-0.4, -0.2) is 32.5 Å². The first-order chi connectivity index (χ1) is 16.6. The lowest BCUT2D eigenvalue weighted by molar-refractivity contribution is 0.151. The highest BCUT2D eigenvalue weighted by Crippen LogP contribution is 2.30. The second kappa shape index (κ2) is 9.17. The Balaban J connectivity index is 1.28. The lowest BCUT2D eigenvalue weighted by atomic mass is 10.1. The lowest BCUT2D eigenvalue weighted by Gasteiger charge is -2.13. The minimum atomic E-state index is -0.562. The predicted octanol–water partition coefficient (Wildman–Crippen LogP) is 5.15. The molecule has 1 aliphatic rings. The van der Waals surface area contributed by atoms with Crippen molar-refractivity contribution in [1.82, 2.24) is 19.3 Å². The molecule has 0 unspecified atom stereocenters. The van der Waals surface area contributed by atoms with Gasteiger partial charge in [0.05, 0.1) is 29.5 Å². The number of hydrogen-bond donors (Lipinski definition) is 1. The molecule has 0 fully saturated rings. The summed E-state index contributed by atoms with van der Waals surface area (Å²) >= 11 is 0. The fourth-order valence-electron chi connectivity index (χ4n) is 4.40. The number of imidazole rings is 1. The van der Waals surface area contributed by atoms with Gasteiger partial charge in [-0.3, -0.25) is 10.00 Å². The molecule has 0 saturated heterocycles. The van der Waals surface area contributed by atoms with Gasteiger partial charge in [-0.05, 0) is 56.2 Å². The van der Waals surface area contributed by atoms with Crippen molar-refractivity contribution in [3.63, 3.8) is 0 Å². The number of aryl methyl sites for hydroxylation is 3. The minimum Gasteiger partial charge on any atom is -0.496 e. The molecule has 34 heavy (non-hydrogen) atoms. The van der Waals surface area contributed by atoms with E-state index >= 15 is 0 Å². The largest absolute Gasteiger partial charge is 0.496 e. The maximum absolute atomic E-state index is 13.6. The second-order valence-electron chi connectivity index (χ2n) is 8.22. The van der Waals surface area contributed by atoms with Gasteiger partial charge in [0.25, 0.3) is 0 Å². The Bertz CT molecular complexity index is 1360. The Labute approximate surface area is 196 Å². The molecule has 4 aromatic rings. The van der Waals surface area contributed by atoms with Gasteiger partial charge in [0, 0.05) is 36.8 Å². The summed E-state index contributed by atoms with van der Waals surface area (Å²) in [5.41, 5.74) is 4.59. The van der Waals surface area contributed by atoms with Crippen LogP contribution in [0.2, 0.25) is 0 Å². The molecule has 0 aliphatic carbocycles. The molecule has 1 aliphatic heterocycles. The number of carbonyl (C=O) groups excluding carboxylic acids is 1. The van der Waals surface area contributed by atoms with Gasteiger partial charge in [-0.1, -0.05) is 0 Å². The maximum Gasteiger partial charge on any atom is 0.412 e. The second-order valence-corrected chi connectivity index (χ2v) is 8.22. The van der Waals surface area contributed by atoms with Crippen LogP contribution in [0.3, 0.4) is 0 Å². The number of amides is 1. The van der Waals surface area contributed by atoms with Crippen LogP contribution in [-0.2, 0) is 30.9 Å². The molecule has 2 aromatic heterocycles. The molecule has 8 nitrogen and oxygen atoms in total. The van der Waals surface area contributed by atoms with Gasteiger partial charge in [0.1, 0.15) is 24.0 Å². The van der Waals surface area contributed by atoms with Crippen molar-refractivity contribution in [3.8, 4) is 17.0 Å². The van der Waals surface area contributed by atoms with Crippen LogP contribution >= 0.6 is 0 Å². The number of methoxy groups -OCH3 is 1. The average Bonchev–Trinajstić information content (AvgIpc) is 3.43.